The van der Waals surface area contributed by atoms with E-state index >= 15 is 0 Å². The maximum absolute atomic E-state index is 9.57. The molecule has 86 valence electrons. The minimum Gasteiger partial charge on any atom is -0.508 e. The van der Waals surface area contributed by atoms with Crippen molar-refractivity contribution in [1.82, 2.24) is 5.32 Å². The quantitative estimate of drug-likeness (QED) is 0.688. The van der Waals surface area contributed by atoms with Crippen LogP contribution in [0.25, 0.3) is 0 Å². The molecule has 0 aromatic heterocycles. The molecule has 1 aromatic carbocycles. The molecule has 0 fully saturated rings. The fraction of sp³-hybridized carbons (Fsp3) is 0.538. The fourth-order valence-electron chi connectivity index (χ4n) is 1.25. The summed E-state index contributed by atoms with van der Waals surface area (Å²) in [6.45, 7) is 8.33. The zero-order valence-corrected chi connectivity index (χ0v) is 10.7. The average molecular weight is 209 g/mol. The number of aromatic hydroxyl groups is 1. The van der Waals surface area contributed by atoms with Gasteiger partial charge in [0.25, 0.3) is 0 Å². The second kappa shape index (κ2) is 5.76. The van der Waals surface area contributed by atoms with E-state index < -0.39 is 0 Å². The summed E-state index contributed by atoms with van der Waals surface area (Å²) in [5.74, 6) is 0.396. The second-order valence-electron chi connectivity index (χ2n) is 4.77. The number of phenolic OH excluding ortho intramolecular Hbond substituents is 1. The van der Waals surface area contributed by atoms with Crippen molar-refractivity contribution in [2.75, 3.05) is 14.1 Å². The average Bonchev–Trinajstić information content (AvgIpc) is 2.09. The largest absolute Gasteiger partial charge is 0.508 e. The van der Waals surface area contributed by atoms with Gasteiger partial charge in [-0.1, -0.05) is 38.5 Å². The fourth-order valence-corrected chi connectivity index (χ4v) is 1.25. The molecule has 0 aliphatic rings. The Morgan fingerprint density at radius 2 is 1.60 bits per heavy atom. The maximum atomic E-state index is 9.57. The summed E-state index contributed by atoms with van der Waals surface area (Å²) in [6.07, 6.45) is 0. The molecule has 0 saturated heterocycles. The molecular formula is C13H23NO. The number of benzene rings is 1. The summed E-state index contributed by atoms with van der Waals surface area (Å²) in [5, 5.41) is 12.3. The molecule has 0 saturated carbocycles. The van der Waals surface area contributed by atoms with E-state index in [9.17, 15) is 5.11 Å². The number of aryl methyl sites for hydroxylation is 1. The summed E-state index contributed by atoms with van der Waals surface area (Å²) in [4.78, 5) is 0. The van der Waals surface area contributed by atoms with Crippen LogP contribution in [0.3, 0.4) is 0 Å². The lowest BCUT2D eigenvalue weighted by Crippen LogP contribution is -2.11. The number of hydrogen-bond acceptors (Lipinski definition) is 2. The molecule has 2 heteroatoms. The standard InChI is InChI=1S/C11H16O.C2H7N/c1-8-5-6-10(12)9(7-8)11(2,3)4;1-3-2/h5-7,12H,1-4H3;3H,1-2H3. The molecular weight excluding hydrogens is 186 g/mol. The van der Waals surface area contributed by atoms with E-state index in [-0.39, 0.29) is 5.41 Å². The highest BCUT2D eigenvalue weighted by Gasteiger charge is 2.17. The van der Waals surface area contributed by atoms with E-state index in [1.165, 1.54) is 5.56 Å². The summed E-state index contributed by atoms with van der Waals surface area (Å²) in [6, 6.07) is 5.72. The van der Waals surface area contributed by atoms with Crippen LogP contribution in [-0.2, 0) is 5.41 Å². The first-order valence-corrected chi connectivity index (χ1v) is 5.21. The van der Waals surface area contributed by atoms with Gasteiger partial charge in [0.15, 0.2) is 0 Å². The molecule has 0 heterocycles. The lowest BCUT2D eigenvalue weighted by molar-refractivity contribution is 0.446. The van der Waals surface area contributed by atoms with E-state index in [0.29, 0.717) is 5.75 Å². The minimum atomic E-state index is 0.0239. The minimum absolute atomic E-state index is 0.0239. The van der Waals surface area contributed by atoms with Crippen LogP contribution in [0.1, 0.15) is 31.9 Å². The number of phenols is 1. The molecule has 0 atom stereocenters. The van der Waals surface area contributed by atoms with Gasteiger partial charge >= 0.3 is 0 Å². The molecule has 0 aliphatic heterocycles. The van der Waals surface area contributed by atoms with Gasteiger partial charge in [0.2, 0.25) is 0 Å². The van der Waals surface area contributed by atoms with Crippen LogP contribution >= 0.6 is 0 Å². The molecule has 1 aromatic rings. The third-order valence-electron chi connectivity index (χ3n) is 1.96. The van der Waals surface area contributed by atoms with Gasteiger partial charge in [-0.3, -0.25) is 0 Å². The van der Waals surface area contributed by atoms with Crippen molar-refractivity contribution in [3.63, 3.8) is 0 Å². The first-order chi connectivity index (χ1) is 6.82. The Balaban J connectivity index is 0.000000583. The maximum Gasteiger partial charge on any atom is 0.119 e. The molecule has 2 nitrogen and oxygen atoms in total. The van der Waals surface area contributed by atoms with Crippen molar-refractivity contribution < 1.29 is 5.11 Å². The highest BCUT2D eigenvalue weighted by Crippen LogP contribution is 2.30. The molecule has 1 rings (SSSR count). The second-order valence-corrected chi connectivity index (χ2v) is 4.77. The molecule has 0 spiro atoms. The Hall–Kier alpha value is -1.02. The molecule has 0 radical (unpaired) electrons. The van der Waals surface area contributed by atoms with E-state index in [0.717, 1.165) is 5.56 Å². The molecule has 0 aliphatic carbocycles. The molecule has 15 heavy (non-hydrogen) atoms. The zero-order valence-electron chi connectivity index (χ0n) is 10.7. The van der Waals surface area contributed by atoms with Crippen molar-refractivity contribution in [2.45, 2.75) is 33.1 Å². The molecule has 0 amide bonds. The summed E-state index contributed by atoms with van der Waals surface area (Å²) >= 11 is 0. The van der Waals surface area contributed by atoms with E-state index in [1.807, 2.05) is 33.2 Å². The van der Waals surface area contributed by atoms with Crippen molar-refractivity contribution in [2.24, 2.45) is 0 Å². The lowest BCUT2D eigenvalue weighted by Gasteiger charge is -2.20. The number of rotatable bonds is 0. The van der Waals surface area contributed by atoms with Gasteiger partial charge in [-0.15, -0.1) is 0 Å². The number of hydrogen-bond donors (Lipinski definition) is 2. The molecule has 0 bridgehead atoms. The van der Waals surface area contributed by atoms with Gasteiger partial charge in [0, 0.05) is 0 Å². The SMILES string of the molecule is CNC.Cc1ccc(O)c(C(C)(C)C)c1. The first kappa shape index (κ1) is 14.0. The van der Waals surface area contributed by atoms with Crippen LogP contribution in [0.5, 0.6) is 5.75 Å². The Bertz CT molecular complexity index is 300. The van der Waals surface area contributed by atoms with Crippen molar-refractivity contribution >= 4 is 0 Å². The third kappa shape index (κ3) is 4.84. The smallest absolute Gasteiger partial charge is 0.119 e. The summed E-state index contributed by atoms with van der Waals surface area (Å²) < 4.78 is 0. The van der Waals surface area contributed by atoms with Gasteiger partial charge in [-0.2, -0.15) is 0 Å². The Morgan fingerprint density at radius 3 is 1.93 bits per heavy atom. The topological polar surface area (TPSA) is 32.3 Å². The Morgan fingerprint density at radius 1 is 1.13 bits per heavy atom. The summed E-state index contributed by atoms with van der Waals surface area (Å²) in [7, 11) is 3.75. The van der Waals surface area contributed by atoms with Gasteiger partial charge in [0.1, 0.15) is 5.75 Å². The van der Waals surface area contributed by atoms with Crippen LogP contribution in [0.4, 0.5) is 0 Å². The molecule has 0 unspecified atom stereocenters. The van der Waals surface area contributed by atoms with Gasteiger partial charge < -0.3 is 10.4 Å². The highest BCUT2D eigenvalue weighted by molar-refractivity contribution is 5.39. The zero-order chi connectivity index (χ0) is 12.1. The van der Waals surface area contributed by atoms with Gasteiger partial charge in [-0.05, 0) is 38.1 Å². The predicted octanol–water partition coefficient (Wildman–Crippen LogP) is 2.83. The normalized spacial score (nSPS) is 10.5. The predicted molar refractivity (Wildman–Crippen MR) is 66.5 cm³/mol. The van der Waals surface area contributed by atoms with Crippen LogP contribution in [0.2, 0.25) is 0 Å². The Kier molecular flexibility index (Phi) is 5.37. The van der Waals surface area contributed by atoms with Crippen LogP contribution in [0.15, 0.2) is 18.2 Å². The molecule has 2 N–H and O–H groups in total. The monoisotopic (exact) mass is 209 g/mol. The first-order valence-electron chi connectivity index (χ1n) is 5.21. The van der Waals surface area contributed by atoms with E-state index in [4.69, 9.17) is 0 Å². The van der Waals surface area contributed by atoms with E-state index in [1.54, 1.807) is 6.07 Å². The highest BCUT2D eigenvalue weighted by atomic mass is 16.3. The van der Waals surface area contributed by atoms with Crippen molar-refractivity contribution in [1.29, 1.82) is 0 Å². The van der Waals surface area contributed by atoms with Crippen LogP contribution in [-0.4, -0.2) is 19.2 Å². The Labute approximate surface area is 93.3 Å². The van der Waals surface area contributed by atoms with Crippen molar-refractivity contribution in [3.8, 4) is 5.75 Å². The van der Waals surface area contributed by atoms with Crippen molar-refractivity contribution in [3.05, 3.63) is 29.3 Å². The van der Waals surface area contributed by atoms with E-state index in [2.05, 4.69) is 26.1 Å². The summed E-state index contributed by atoms with van der Waals surface area (Å²) in [5.41, 5.74) is 2.23. The third-order valence-corrected chi connectivity index (χ3v) is 1.96. The lowest BCUT2D eigenvalue weighted by atomic mass is 9.85. The number of nitrogens with one attached hydrogen (secondary N) is 1. The van der Waals surface area contributed by atoms with Gasteiger partial charge in [0.05, 0.1) is 0 Å². The van der Waals surface area contributed by atoms with Crippen LogP contribution < -0.4 is 5.32 Å². The van der Waals surface area contributed by atoms with Crippen LogP contribution in [0, 0.1) is 6.92 Å². The van der Waals surface area contributed by atoms with Gasteiger partial charge in [-0.25, -0.2) is 0 Å².